The molecule has 0 radical (unpaired) electrons. The highest BCUT2D eigenvalue weighted by atomic mass is 32.1. The Labute approximate surface area is 500 Å². The third-order valence-electron chi connectivity index (χ3n) is 15.6. The van der Waals surface area contributed by atoms with Gasteiger partial charge in [-0.15, -0.1) is 11.3 Å². The van der Waals surface area contributed by atoms with E-state index in [1.807, 2.05) is 9.80 Å². The Morgan fingerprint density at radius 1 is 0.753 bits per heavy atom. The van der Waals surface area contributed by atoms with Crippen molar-refractivity contribution in [2.24, 2.45) is 5.92 Å². The number of benzene rings is 3. The number of hydrogen-bond acceptors (Lipinski definition) is 17. The van der Waals surface area contributed by atoms with Gasteiger partial charge in [0.15, 0.2) is 5.13 Å². The first kappa shape index (κ1) is 62.8. The molecule has 4 N–H and O–H groups in total. The summed E-state index contributed by atoms with van der Waals surface area (Å²) in [6.07, 6.45) is 1.92. The molecule has 0 spiro atoms. The van der Waals surface area contributed by atoms with Crippen LogP contribution in [0.5, 0.6) is 5.75 Å². The van der Waals surface area contributed by atoms with Crippen LogP contribution in [-0.4, -0.2) is 164 Å². The van der Waals surface area contributed by atoms with E-state index in [9.17, 15) is 37.1 Å². The van der Waals surface area contributed by atoms with Crippen LogP contribution in [0.25, 0.3) is 21.6 Å². The van der Waals surface area contributed by atoms with Crippen molar-refractivity contribution in [3.63, 3.8) is 0 Å². The number of ether oxygens (including phenoxy) is 4. The molecule has 19 nitrogen and oxygen atoms in total. The maximum absolute atomic E-state index is 14.3. The molecule has 3 fully saturated rings. The van der Waals surface area contributed by atoms with Gasteiger partial charge in [-0.05, 0) is 106 Å². The van der Waals surface area contributed by atoms with Gasteiger partial charge in [0.05, 0.1) is 56.4 Å². The molecular formula is C61H73F3N10O9S2. The summed E-state index contributed by atoms with van der Waals surface area (Å²) >= 11 is 2.53. The van der Waals surface area contributed by atoms with Crippen molar-refractivity contribution < 1.29 is 56.1 Å². The van der Waals surface area contributed by atoms with Crippen LogP contribution in [0.2, 0.25) is 0 Å². The van der Waals surface area contributed by atoms with Crippen molar-refractivity contribution in [2.45, 2.75) is 89.6 Å². The Morgan fingerprint density at radius 3 is 2.24 bits per heavy atom. The van der Waals surface area contributed by atoms with Crippen molar-refractivity contribution in [3.05, 3.63) is 117 Å². The third-order valence-corrected chi connectivity index (χ3v) is 17.4. The summed E-state index contributed by atoms with van der Waals surface area (Å²) in [4.78, 5) is 87.6. The number of alkyl halides is 3. The number of rotatable bonds is 27. The first-order chi connectivity index (χ1) is 41.1. The molecule has 1 saturated carbocycles. The number of carbonyl (C=O) groups is 5. The van der Waals surface area contributed by atoms with Crippen molar-refractivity contribution in [3.8, 4) is 17.0 Å². The van der Waals surface area contributed by atoms with Crippen LogP contribution in [0.3, 0.4) is 0 Å². The summed E-state index contributed by atoms with van der Waals surface area (Å²) in [6.45, 7) is 9.68. The molecule has 3 atom stereocenters. The molecule has 3 aromatic heterocycles. The van der Waals surface area contributed by atoms with Gasteiger partial charge in [0.1, 0.15) is 46.1 Å². The Kier molecular flexibility index (Phi) is 22.2. The van der Waals surface area contributed by atoms with E-state index in [0.29, 0.717) is 75.0 Å². The third kappa shape index (κ3) is 17.0. The number of halogens is 3. The molecule has 2 saturated heterocycles. The highest BCUT2D eigenvalue weighted by molar-refractivity contribution is 7.22. The number of ketones is 1. The number of piperazine rings is 1. The quantitative estimate of drug-likeness (QED) is 0.0280. The molecule has 0 unspecified atom stereocenters. The maximum atomic E-state index is 14.3. The summed E-state index contributed by atoms with van der Waals surface area (Å²) in [7, 11) is 1.72. The maximum Gasteiger partial charge on any atom is 0.416 e. The van der Waals surface area contributed by atoms with E-state index >= 15 is 0 Å². The fourth-order valence-electron chi connectivity index (χ4n) is 10.7. The molecule has 1 aliphatic carbocycles. The Morgan fingerprint density at radius 2 is 1.48 bits per heavy atom. The monoisotopic (exact) mass is 1210 g/mol. The summed E-state index contributed by atoms with van der Waals surface area (Å²) in [5.74, 6) is -0.946. The van der Waals surface area contributed by atoms with Crippen molar-refractivity contribution in [2.75, 3.05) is 103 Å². The lowest BCUT2D eigenvalue weighted by atomic mass is 9.83. The number of nitrogens with one attached hydrogen (secondary N) is 4. The van der Waals surface area contributed by atoms with Crippen molar-refractivity contribution in [1.82, 2.24) is 40.3 Å². The van der Waals surface area contributed by atoms with Crippen LogP contribution >= 0.6 is 22.7 Å². The van der Waals surface area contributed by atoms with Crippen LogP contribution in [0.4, 0.5) is 24.0 Å². The molecule has 85 heavy (non-hydrogen) atoms. The van der Waals surface area contributed by atoms with Gasteiger partial charge >= 0.3 is 6.18 Å². The highest BCUT2D eigenvalue weighted by Crippen LogP contribution is 2.38. The second kappa shape index (κ2) is 30.0. The predicted molar refractivity (Wildman–Crippen MR) is 319 cm³/mol. The van der Waals surface area contributed by atoms with Gasteiger partial charge in [0.2, 0.25) is 17.6 Å². The van der Waals surface area contributed by atoms with Gasteiger partial charge in [0.25, 0.3) is 11.8 Å². The zero-order valence-electron chi connectivity index (χ0n) is 48.0. The number of nitrogens with zero attached hydrogens (tertiary/aromatic N) is 6. The van der Waals surface area contributed by atoms with Gasteiger partial charge < -0.3 is 44.7 Å². The lowest BCUT2D eigenvalue weighted by Crippen LogP contribution is -2.55. The minimum absolute atomic E-state index is 0.0374. The van der Waals surface area contributed by atoms with Gasteiger partial charge in [-0.2, -0.15) is 13.2 Å². The fraction of sp³-hybridized carbons (Fsp3) is 0.475. The molecule has 2 aliphatic heterocycles. The van der Waals surface area contributed by atoms with E-state index in [0.717, 1.165) is 82.0 Å². The SMILES string of the molecule is CCN1CCN(Cc2ccc(NC(=O)c3cccc(-c4ccc5nc(NC(=O)COCCOCCOCCOc6cccc(C(=O)c7csc([C@@H]8CCCN8C(=O)[C@@H](NC(=O)[C@H](C)NC)C8CCCCC8)n7)c6)sc5n4)c3)cc2C(F)(F)F)CC1. The summed E-state index contributed by atoms with van der Waals surface area (Å²) in [5.41, 5.74) is 2.04. The van der Waals surface area contributed by atoms with Crippen molar-refractivity contribution >= 4 is 73.3 Å². The average molecular weight is 1210 g/mol. The van der Waals surface area contributed by atoms with Gasteiger partial charge in [-0.1, -0.05) is 67.9 Å². The lowest BCUT2D eigenvalue weighted by Gasteiger charge is -2.35. The Bertz CT molecular complexity index is 3260. The average Bonchev–Trinajstić information content (AvgIpc) is 3.30. The van der Waals surface area contributed by atoms with Crippen LogP contribution < -0.4 is 26.0 Å². The Hall–Kier alpha value is -6.77. The highest BCUT2D eigenvalue weighted by Gasteiger charge is 2.40. The summed E-state index contributed by atoms with van der Waals surface area (Å²) < 4.78 is 65.4. The minimum Gasteiger partial charge on any atom is -0.491 e. The lowest BCUT2D eigenvalue weighted by molar-refractivity contribution is -0.139. The number of fused-ring (bicyclic) bond motifs is 1. The molecular weight excluding hydrogens is 1140 g/mol. The van der Waals surface area contributed by atoms with E-state index < -0.39 is 35.6 Å². The van der Waals surface area contributed by atoms with Crippen LogP contribution in [0.15, 0.2) is 84.2 Å². The predicted octanol–water partition coefficient (Wildman–Crippen LogP) is 8.86. The number of carbonyl (C=O) groups excluding carboxylic acids is 5. The summed E-state index contributed by atoms with van der Waals surface area (Å²) in [6, 6.07) is 19.6. The molecule has 9 rings (SSSR count). The molecule has 24 heteroatoms. The van der Waals surface area contributed by atoms with E-state index in [1.165, 1.54) is 23.5 Å². The van der Waals surface area contributed by atoms with Crippen molar-refractivity contribution in [1.29, 1.82) is 0 Å². The molecule has 6 aromatic rings. The molecule has 0 bridgehead atoms. The number of likely N-dealkylation sites (N-methyl/N-ethyl adjacent to an activating group) is 2. The van der Waals surface area contributed by atoms with Crippen LogP contribution in [0.1, 0.15) is 107 Å². The number of anilines is 2. The molecule has 454 valence electrons. The number of thiazole rings is 2. The zero-order valence-corrected chi connectivity index (χ0v) is 49.7. The van der Waals surface area contributed by atoms with E-state index in [2.05, 4.69) is 38.1 Å². The number of pyridine rings is 1. The molecule has 3 aliphatic rings. The smallest absolute Gasteiger partial charge is 0.416 e. The first-order valence-corrected chi connectivity index (χ1v) is 30.7. The largest absolute Gasteiger partial charge is 0.491 e. The van der Waals surface area contributed by atoms with E-state index in [-0.39, 0.29) is 92.6 Å². The topological polar surface area (TPSA) is 219 Å². The first-order valence-electron chi connectivity index (χ1n) is 29.0. The minimum atomic E-state index is -4.60. The number of likely N-dealkylation sites (tertiary alicyclic amines) is 1. The number of amides is 4. The standard InChI is InChI=1S/C61H73F3N10O9S2/c1-4-72-23-25-73(26-24-72)36-44-18-19-45(35-47(44)61(62,63)64)66-56(78)43-15-8-13-41(33-43)48-20-21-49-57(67-48)85-60(69-49)70-52(75)37-82-30-29-80-27-28-81-31-32-83-46-16-9-14-42(34-46)54(76)50-38-84-58(68-50)51-17-10-22-74(51)59(79)53(40-11-6-5-7-12-40)71-55(77)39(2)65-3/h8-9,13-16,18-21,33-35,38-40,51,53,65H,4-7,10-12,17,22-32,36-37H2,1-3H3,(H,66,78)(H,71,77)(H,69,70,75)/t39-,51-,53-/m0/s1. The normalized spacial score (nSPS) is 17.0. The van der Waals surface area contributed by atoms with Gasteiger partial charge in [0, 0.05) is 67.0 Å². The number of aromatic nitrogens is 3. The fourth-order valence-corrected chi connectivity index (χ4v) is 12.5. The Balaban J connectivity index is 0.656. The van der Waals surface area contributed by atoms with Gasteiger partial charge in [-0.3, -0.25) is 34.2 Å². The molecule has 5 heterocycles. The van der Waals surface area contributed by atoms with Crippen LogP contribution in [-0.2, 0) is 41.3 Å². The molecule has 3 aromatic carbocycles. The van der Waals surface area contributed by atoms with Gasteiger partial charge in [-0.25, -0.2) is 15.0 Å². The number of hydrogen-bond donors (Lipinski definition) is 4. The van der Waals surface area contributed by atoms with Crippen LogP contribution in [0, 0.1) is 5.92 Å². The summed E-state index contributed by atoms with van der Waals surface area (Å²) in [5, 5.41) is 14.2. The molecule has 4 amide bonds. The van der Waals surface area contributed by atoms with E-state index in [1.54, 1.807) is 80.0 Å². The second-order valence-corrected chi connectivity index (χ2v) is 23.2. The van der Waals surface area contributed by atoms with E-state index in [4.69, 9.17) is 28.9 Å². The second-order valence-electron chi connectivity index (χ2n) is 21.3. The zero-order chi connectivity index (χ0) is 59.9.